The minimum atomic E-state index is -0.410. The van der Waals surface area contributed by atoms with Gasteiger partial charge in [-0.2, -0.15) is 0 Å². The largest absolute Gasteiger partial charge is 0.421 e. The van der Waals surface area contributed by atoms with Crippen molar-refractivity contribution >= 4 is 27.7 Å². The van der Waals surface area contributed by atoms with Crippen LogP contribution in [0.15, 0.2) is 34.9 Å². The first-order valence-corrected chi connectivity index (χ1v) is 6.19. The van der Waals surface area contributed by atoms with E-state index < -0.39 is 5.24 Å². The highest BCUT2D eigenvalue weighted by Gasteiger charge is 2.13. The summed E-state index contributed by atoms with van der Waals surface area (Å²) in [6.45, 7) is 0. The second-order valence-electron chi connectivity index (χ2n) is 4.10. The Balaban J connectivity index is 1.92. The average Bonchev–Trinajstić information content (AvgIpc) is 3.02. The van der Waals surface area contributed by atoms with Crippen LogP contribution >= 0.6 is 11.6 Å². The van der Waals surface area contributed by atoms with Crippen molar-refractivity contribution in [1.82, 2.24) is 15.2 Å². The Bertz CT molecular complexity index is 732. The van der Waals surface area contributed by atoms with Crippen molar-refractivity contribution < 1.29 is 9.21 Å². The van der Waals surface area contributed by atoms with Gasteiger partial charge in [-0.25, -0.2) is 0 Å². The third-order valence-electron chi connectivity index (χ3n) is 2.82. The summed E-state index contributed by atoms with van der Waals surface area (Å²) in [5.74, 6) is 0.851. The summed E-state index contributed by atoms with van der Waals surface area (Å²) in [6.07, 6.45) is 2.38. The zero-order chi connectivity index (χ0) is 13.2. The van der Waals surface area contributed by atoms with Crippen LogP contribution in [0.25, 0.3) is 22.4 Å². The lowest BCUT2D eigenvalue weighted by molar-refractivity contribution is -0.111. The predicted molar refractivity (Wildman–Crippen MR) is 70.8 cm³/mol. The number of aromatic nitrogens is 3. The van der Waals surface area contributed by atoms with Crippen molar-refractivity contribution in [3.8, 4) is 11.5 Å². The first-order valence-electron chi connectivity index (χ1n) is 5.81. The minimum absolute atomic E-state index is 0.192. The third-order valence-corrected chi connectivity index (χ3v) is 3.01. The van der Waals surface area contributed by atoms with Gasteiger partial charge >= 0.3 is 0 Å². The lowest BCUT2D eigenvalue weighted by atomic mass is 10.2. The van der Waals surface area contributed by atoms with Crippen molar-refractivity contribution in [2.75, 3.05) is 0 Å². The number of benzene rings is 1. The number of carbonyl (C=O) groups excluding carboxylic acids is 1. The monoisotopic (exact) mass is 275 g/mol. The Labute approximate surface area is 113 Å². The summed E-state index contributed by atoms with van der Waals surface area (Å²) in [7, 11) is 0. The van der Waals surface area contributed by atoms with Gasteiger partial charge in [-0.15, -0.1) is 10.2 Å². The van der Waals surface area contributed by atoms with Gasteiger partial charge in [0.1, 0.15) is 0 Å². The van der Waals surface area contributed by atoms with Crippen LogP contribution in [0.2, 0.25) is 0 Å². The van der Waals surface area contributed by atoms with E-state index >= 15 is 0 Å². The van der Waals surface area contributed by atoms with Gasteiger partial charge in [-0.3, -0.25) is 4.79 Å². The van der Waals surface area contributed by atoms with Crippen LogP contribution in [0, 0.1) is 0 Å². The van der Waals surface area contributed by atoms with Crippen LogP contribution in [0.1, 0.15) is 12.3 Å². The van der Waals surface area contributed by atoms with Gasteiger partial charge in [0.05, 0.1) is 5.56 Å². The molecule has 0 saturated heterocycles. The zero-order valence-electron chi connectivity index (χ0n) is 9.89. The van der Waals surface area contributed by atoms with Crippen LogP contribution < -0.4 is 0 Å². The molecule has 3 aromatic rings. The molecule has 0 aliphatic heterocycles. The number of halogens is 1. The highest BCUT2D eigenvalue weighted by Crippen LogP contribution is 2.27. The van der Waals surface area contributed by atoms with E-state index in [1.165, 1.54) is 0 Å². The van der Waals surface area contributed by atoms with Crippen LogP contribution in [0.5, 0.6) is 0 Å². The molecule has 2 aromatic heterocycles. The molecule has 0 atom stereocenters. The molecule has 2 heterocycles. The number of aryl methyl sites for hydroxylation is 1. The van der Waals surface area contributed by atoms with E-state index in [4.69, 9.17) is 16.0 Å². The maximum absolute atomic E-state index is 10.7. The summed E-state index contributed by atoms with van der Waals surface area (Å²) < 4.78 is 5.53. The quantitative estimate of drug-likeness (QED) is 0.743. The number of hydrogen-bond acceptors (Lipinski definition) is 4. The van der Waals surface area contributed by atoms with Crippen molar-refractivity contribution in [2.24, 2.45) is 0 Å². The fourth-order valence-electron chi connectivity index (χ4n) is 1.92. The van der Waals surface area contributed by atoms with E-state index in [-0.39, 0.29) is 6.42 Å². The van der Waals surface area contributed by atoms with Crippen LogP contribution in [-0.2, 0) is 11.2 Å². The molecule has 0 fully saturated rings. The van der Waals surface area contributed by atoms with Gasteiger partial charge in [0, 0.05) is 29.9 Å². The third kappa shape index (κ3) is 2.37. The molecule has 1 N–H and O–H groups in total. The SMILES string of the molecule is O=C(Cl)CCc1nnc(-c2c[nH]c3ccccc23)o1. The fraction of sp³-hybridized carbons (Fsp3) is 0.154. The van der Waals surface area contributed by atoms with Gasteiger partial charge in [0.2, 0.25) is 17.0 Å². The predicted octanol–water partition coefficient (Wildman–Crippen LogP) is 2.92. The van der Waals surface area contributed by atoms with Gasteiger partial charge in [0.25, 0.3) is 0 Å². The Morgan fingerprint density at radius 2 is 2.16 bits per heavy atom. The smallest absolute Gasteiger partial charge is 0.249 e. The molecule has 6 heteroatoms. The summed E-state index contributed by atoms with van der Waals surface area (Å²) in [5, 5.41) is 8.51. The molecule has 0 bridgehead atoms. The van der Waals surface area contributed by atoms with Crippen molar-refractivity contribution in [3.05, 3.63) is 36.4 Å². The van der Waals surface area contributed by atoms with Crippen LogP contribution in [0.4, 0.5) is 0 Å². The topological polar surface area (TPSA) is 71.8 Å². The second-order valence-corrected chi connectivity index (χ2v) is 4.53. The number of aromatic amines is 1. The molecule has 0 unspecified atom stereocenters. The molecule has 96 valence electrons. The molecule has 0 amide bonds. The molecule has 1 aromatic carbocycles. The fourth-order valence-corrected chi connectivity index (χ4v) is 2.01. The molecule has 0 aliphatic rings. The van der Waals surface area contributed by atoms with E-state index in [1.807, 2.05) is 30.5 Å². The molecule has 19 heavy (non-hydrogen) atoms. The van der Waals surface area contributed by atoms with E-state index in [0.29, 0.717) is 18.2 Å². The number of rotatable bonds is 4. The summed E-state index contributed by atoms with van der Waals surface area (Å²) in [5.41, 5.74) is 1.86. The molecule has 0 radical (unpaired) electrons. The Morgan fingerprint density at radius 1 is 1.32 bits per heavy atom. The minimum Gasteiger partial charge on any atom is -0.421 e. The highest BCUT2D eigenvalue weighted by atomic mass is 35.5. The molecular weight excluding hydrogens is 266 g/mol. The van der Waals surface area contributed by atoms with E-state index in [9.17, 15) is 4.79 Å². The van der Waals surface area contributed by atoms with E-state index in [0.717, 1.165) is 16.5 Å². The molecule has 5 nitrogen and oxygen atoms in total. The molecule has 0 spiro atoms. The average molecular weight is 276 g/mol. The lowest BCUT2D eigenvalue weighted by Gasteiger charge is -1.92. The van der Waals surface area contributed by atoms with Gasteiger partial charge in [-0.1, -0.05) is 18.2 Å². The molecule has 0 saturated carbocycles. The Kier molecular flexibility index (Phi) is 3.05. The number of para-hydroxylation sites is 1. The maximum atomic E-state index is 10.7. The number of H-pyrrole nitrogens is 1. The standard InChI is InChI=1S/C13H10ClN3O2/c14-11(18)5-6-12-16-17-13(19-12)9-7-15-10-4-2-1-3-8(9)10/h1-4,7,15H,5-6H2. The summed E-state index contributed by atoms with van der Waals surface area (Å²) >= 11 is 5.28. The van der Waals surface area contributed by atoms with Crippen molar-refractivity contribution in [1.29, 1.82) is 0 Å². The van der Waals surface area contributed by atoms with Crippen molar-refractivity contribution in [2.45, 2.75) is 12.8 Å². The lowest BCUT2D eigenvalue weighted by Crippen LogP contribution is -1.91. The molecular formula is C13H10ClN3O2. The highest BCUT2D eigenvalue weighted by molar-refractivity contribution is 6.63. The summed E-state index contributed by atoms with van der Waals surface area (Å²) in [6, 6.07) is 7.85. The van der Waals surface area contributed by atoms with Crippen molar-refractivity contribution in [3.63, 3.8) is 0 Å². The second kappa shape index (κ2) is 4.85. The zero-order valence-corrected chi connectivity index (χ0v) is 10.6. The first kappa shape index (κ1) is 11.9. The number of nitrogens with one attached hydrogen (secondary N) is 1. The Hall–Kier alpha value is -2.14. The Morgan fingerprint density at radius 3 is 3.00 bits per heavy atom. The molecule has 0 aliphatic carbocycles. The van der Waals surface area contributed by atoms with Gasteiger partial charge in [0.15, 0.2) is 0 Å². The normalized spacial score (nSPS) is 11.0. The summed E-state index contributed by atoms with van der Waals surface area (Å²) in [4.78, 5) is 13.8. The van der Waals surface area contributed by atoms with Crippen LogP contribution in [0.3, 0.4) is 0 Å². The maximum Gasteiger partial charge on any atom is 0.249 e. The first-order chi connectivity index (χ1) is 9.24. The number of fused-ring (bicyclic) bond motifs is 1. The van der Waals surface area contributed by atoms with Gasteiger partial charge < -0.3 is 9.40 Å². The number of nitrogens with zero attached hydrogens (tertiary/aromatic N) is 2. The van der Waals surface area contributed by atoms with E-state index in [1.54, 1.807) is 0 Å². The van der Waals surface area contributed by atoms with Gasteiger partial charge in [-0.05, 0) is 17.7 Å². The number of hydrogen-bond donors (Lipinski definition) is 1. The number of carbonyl (C=O) groups is 1. The van der Waals surface area contributed by atoms with Crippen LogP contribution in [-0.4, -0.2) is 20.4 Å². The molecule has 3 rings (SSSR count). The van der Waals surface area contributed by atoms with E-state index in [2.05, 4.69) is 15.2 Å².